The van der Waals surface area contributed by atoms with Crippen LogP contribution in [-0.2, 0) is 5.60 Å². The molecule has 1 aliphatic rings. The summed E-state index contributed by atoms with van der Waals surface area (Å²) in [6.07, 6.45) is 4.72. The molecule has 1 saturated carbocycles. The number of rotatable bonds is 6. The molecule has 1 fully saturated rings. The minimum Gasteiger partial charge on any atom is -0.493 e. The van der Waals surface area contributed by atoms with Gasteiger partial charge < -0.3 is 19.9 Å². The molecule has 0 radical (unpaired) electrons. The topological polar surface area (TPSA) is 50.7 Å². The fourth-order valence-corrected chi connectivity index (χ4v) is 3.06. The number of hydrogen-bond acceptors (Lipinski definition) is 4. The molecule has 0 aliphatic heterocycles. The van der Waals surface area contributed by atoms with Gasteiger partial charge in [0.05, 0.1) is 19.8 Å². The molecule has 0 heterocycles. The maximum atomic E-state index is 10.9. The van der Waals surface area contributed by atoms with Crippen LogP contribution in [0.1, 0.15) is 44.6 Å². The Hall–Kier alpha value is -1.26. The lowest BCUT2D eigenvalue weighted by molar-refractivity contribution is -0.00845. The normalized spacial score (nSPS) is 25.6. The smallest absolute Gasteiger partial charge is 0.161 e. The van der Waals surface area contributed by atoms with Gasteiger partial charge in [-0.2, -0.15) is 0 Å². The molecule has 4 nitrogen and oxygen atoms in total. The summed E-state index contributed by atoms with van der Waals surface area (Å²) < 4.78 is 10.6. The number of benzene rings is 1. The van der Waals surface area contributed by atoms with Crippen molar-refractivity contribution in [2.45, 2.75) is 50.7 Å². The highest BCUT2D eigenvalue weighted by Gasteiger charge is 2.35. The maximum Gasteiger partial charge on any atom is 0.161 e. The molecule has 0 aromatic heterocycles. The minimum absolute atomic E-state index is 0.533. The molecule has 1 aliphatic carbocycles. The van der Waals surface area contributed by atoms with Gasteiger partial charge in [-0.05, 0) is 56.3 Å². The van der Waals surface area contributed by atoms with E-state index >= 15 is 0 Å². The average molecular weight is 293 g/mol. The van der Waals surface area contributed by atoms with E-state index in [1.54, 1.807) is 14.2 Å². The van der Waals surface area contributed by atoms with Crippen LogP contribution in [0.3, 0.4) is 0 Å². The van der Waals surface area contributed by atoms with Gasteiger partial charge in [-0.3, -0.25) is 0 Å². The zero-order chi connectivity index (χ0) is 15.3. The number of aliphatic hydroxyl groups is 1. The first-order valence-electron chi connectivity index (χ1n) is 7.81. The SMILES string of the molecule is CCCNC1CCC(O)(c2ccc(OC)c(OC)c2)CC1. The Balaban J connectivity index is 2.08. The standard InChI is InChI=1S/C17H27NO3/c1-4-11-18-14-7-9-17(19,10-8-14)13-5-6-15(20-2)16(12-13)21-3/h5-6,12,14,18-19H,4,7-11H2,1-3H3. The number of hydrogen-bond donors (Lipinski definition) is 2. The van der Waals surface area contributed by atoms with Crippen LogP contribution in [0.4, 0.5) is 0 Å². The number of methoxy groups -OCH3 is 2. The Kier molecular flexibility index (Phi) is 5.48. The van der Waals surface area contributed by atoms with Crippen LogP contribution in [0.25, 0.3) is 0 Å². The van der Waals surface area contributed by atoms with Gasteiger partial charge in [0.2, 0.25) is 0 Å². The van der Waals surface area contributed by atoms with Crippen molar-refractivity contribution in [2.75, 3.05) is 20.8 Å². The molecule has 0 spiro atoms. The molecular formula is C17H27NO3. The van der Waals surface area contributed by atoms with E-state index in [0.717, 1.165) is 44.2 Å². The second-order valence-corrected chi connectivity index (χ2v) is 5.83. The summed E-state index contributed by atoms with van der Waals surface area (Å²) in [6, 6.07) is 6.25. The van der Waals surface area contributed by atoms with Crippen molar-refractivity contribution in [3.8, 4) is 11.5 Å². The monoisotopic (exact) mass is 293 g/mol. The molecule has 21 heavy (non-hydrogen) atoms. The first-order chi connectivity index (χ1) is 10.1. The van der Waals surface area contributed by atoms with E-state index in [9.17, 15) is 5.11 Å². The average Bonchev–Trinajstić information content (AvgIpc) is 2.53. The van der Waals surface area contributed by atoms with Gasteiger partial charge in [-0.1, -0.05) is 13.0 Å². The highest BCUT2D eigenvalue weighted by Crippen LogP contribution is 2.40. The highest BCUT2D eigenvalue weighted by molar-refractivity contribution is 5.44. The van der Waals surface area contributed by atoms with Gasteiger partial charge in [0.1, 0.15) is 0 Å². The van der Waals surface area contributed by atoms with Crippen LogP contribution >= 0.6 is 0 Å². The molecule has 1 aromatic rings. The highest BCUT2D eigenvalue weighted by atomic mass is 16.5. The summed E-state index contributed by atoms with van der Waals surface area (Å²) >= 11 is 0. The summed E-state index contributed by atoms with van der Waals surface area (Å²) in [7, 11) is 3.24. The largest absolute Gasteiger partial charge is 0.493 e. The Morgan fingerprint density at radius 2 is 1.86 bits per heavy atom. The van der Waals surface area contributed by atoms with Gasteiger partial charge in [-0.25, -0.2) is 0 Å². The predicted octanol–water partition coefficient (Wildman–Crippen LogP) is 2.83. The van der Waals surface area contributed by atoms with Crippen molar-refractivity contribution in [1.82, 2.24) is 5.32 Å². The minimum atomic E-state index is -0.746. The van der Waals surface area contributed by atoms with E-state index in [2.05, 4.69) is 12.2 Å². The predicted molar refractivity (Wildman–Crippen MR) is 84.0 cm³/mol. The lowest BCUT2D eigenvalue weighted by Gasteiger charge is -2.37. The molecule has 0 unspecified atom stereocenters. The third-order valence-electron chi connectivity index (χ3n) is 4.42. The maximum absolute atomic E-state index is 10.9. The van der Waals surface area contributed by atoms with E-state index in [1.807, 2.05) is 18.2 Å². The van der Waals surface area contributed by atoms with Crippen LogP contribution in [-0.4, -0.2) is 31.9 Å². The molecule has 0 saturated heterocycles. The van der Waals surface area contributed by atoms with Crippen molar-refractivity contribution >= 4 is 0 Å². The van der Waals surface area contributed by atoms with Gasteiger partial charge >= 0.3 is 0 Å². The number of nitrogens with one attached hydrogen (secondary N) is 1. The van der Waals surface area contributed by atoms with Crippen molar-refractivity contribution < 1.29 is 14.6 Å². The first kappa shape index (κ1) is 16.1. The van der Waals surface area contributed by atoms with Crippen molar-refractivity contribution in [2.24, 2.45) is 0 Å². The van der Waals surface area contributed by atoms with Crippen molar-refractivity contribution in [3.05, 3.63) is 23.8 Å². The van der Waals surface area contributed by atoms with Gasteiger partial charge in [0.25, 0.3) is 0 Å². The van der Waals surface area contributed by atoms with E-state index in [-0.39, 0.29) is 0 Å². The molecule has 0 bridgehead atoms. The molecule has 118 valence electrons. The van der Waals surface area contributed by atoms with E-state index in [0.29, 0.717) is 17.5 Å². The summed E-state index contributed by atoms with van der Waals surface area (Å²) in [5, 5.41) is 14.5. The third-order valence-corrected chi connectivity index (χ3v) is 4.42. The number of ether oxygens (including phenoxy) is 2. The zero-order valence-electron chi connectivity index (χ0n) is 13.3. The van der Waals surface area contributed by atoms with Crippen LogP contribution < -0.4 is 14.8 Å². The van der Waals surface area contributed by atoms with Crippen LogP contribution in [0.5, 0.6) is 11.5 Å². The van der Waals surface area contributed by atoms with Gasteiger partial charge in [-0.15, -0.1) is 0 Å². The van der Waals surface area contributed by atoms with Crippen molar-refractivity contribution in [3.63, 3.8) is 0 Å². The fourth-order valence-electron chi connectivity index (χ4n) is 3.06. The van der Waals surface area contributed by atoms with Gasteiger partial charge in [0, 0.05) is 6.04 Å². The Morgan fingerprint density at radius 1 is 1.19 bits per heavy atom. The molecule has 0 atom stereocenters. The second-order valence-electron chi connectivity index (χ2n) is 5.83. The van der Waals surface area contributed by atoms with Crippen LogP contribution in [0, 0.1) is 0 Å². The summed E-state index contributed by atoms with van der Waals surface area (Å²) in [6.45, 7) is 3.23. The van der Waals surface area contributed by atoms with Crippen molar-refractivity contribution in [1.29, 1.82) is 0 Å². The zero-order valence-corrected chi connectivity index (χ0v) is 13.3. The Bertz CT molecular complexity index is 453. The summed E-state index contributed by atoms with van der Waals surface area (Å²) in [5.41, 5.74) is 0.179. The summed E-state index contributed by atoms with van der Waals surface area (Å²) in [5.74, 6) is 1.37. The summed E-state index contributed by atoms with van der Waals surface area (Å²) in [4.78, 5) is 0. The molecule has 1 aromatic carbocycles. The molecule has 2 rings (SSSR count). The third kappa shape index (κ3) is 3.69. The quantitative estimate of drug-likeness (QED) is 0.847. The molecular weight excluding hydrogens is 266 g/mol. The molecule has 2 N–H and O–H groups in total. The molecule has 0 amide bonds. The second kappa shape index (κ2) is 7.14. The van der Waals surface area contributed by atoms with Gasteiger partial charge in [0.15, 0.2) is 11.5 Å². The van der Waals surface area contributed by atoms with E-state index in [4.69, 9.17) is 9.47 Å². The lowest BCUT2D eigenvalue weighted by Crippen LogP contribution is -2.40. The van der Waals surface area contributed by atoms with Crippen LogP contribution in [0.2, 0.25) is 0 Å². The fraction of sp³-hybridized carbons (Fsp3) is 0.647. The molecule has 4 heteroatoms. The first-order valence-corrected chi connectivity index (χ1v) is 7.81. The van der Waals surface area contributed by atoms with Crippen LogP contribution in [0.15, 0.2) is 18.2 Å². The Morgan fingerprint density at radius 3 is 2.43 bits per heavy atom. The lowest BCUT2D eigenvalue weighted by atomic mass is 9.77. The Labute approximate surface area is 127 Å². The van der Waals surface area contributed by atoms with E-state index < -0.39 is 5.60 Å². The van der Waals surface area contributed by atoms with E-state index in [1.165, 1.54) is 0 Å².